The highest BCUT2D eigenvalue weighted by Gasteiger charge is 2.28. The van der Waals surface area contributed by atoms with E-state index in [4.69, 9.17) is 9.47 Å². The Morgan fingerprint density at radius 2 is 2.18 bits per heavy atom. The van der Waals surface area contributed by atoms with E-state index in [-0.39, 0.29) is 5.91 Å². The van der Waals surface area contributed by atoms with E-state index >= 15 is 0 Å². The standard InChI is InChI=1S/C19H26N6O3/c1-2-28-18-10-17(21-13-22-18)20-11-14-3-4-25-16(9-14)15(12-23-25)19(26)24-5-7-27-8-6-24/h10,12-14H,2-9,11H2,1H3,(H,20,21,22)/t14-/m1/s1. The van der Waals surface area contributed by atoms with Crippen LogP contribution in [0.5, 0.6) is 5.88 Å². The van der Waals surface area contributed by atoms with Crippen molar-refractivity contribution in [2.24, 2.45) is 5.92 Å². The van der Waals surface area contributed by atoms with Gasteiger partial charge in [-0.3, -0.25) is 9.48 Å². The largest absolute Gasteiger partial charge is 0.478 e. The van der Waals surface area contributed by atoms with Gasteiger partial charge in [-0.15, -0.1) is 0 Å². The summed E-state index contributed by atoms with van der Waals surface area (Å²) in [6.07, 6.45) is 5.06. The summed E-state index contributed by atoms with van der Waals surface area (Å²) in [4.78, 5) is 23.1. The molecule has 9 heteroatoms. The van der Waals surface area contributed by atoms with Crippen LogP contribution in [0, 0.1) is 5.92 Å². The van der Waals surface area contributed by atoms with E-state index in [1.54, 1.807) is 6.20 Å². The maximum atomic E-state index is 12.9. The molecule has 0 saturated carbocycles. The SMILES string of the molecule is CCOc1cc(NC[C@@H]2CCn3ncc(C(=O)N4CCOCC4)c3C2)ncn1. The molecule has 0 unspecified atom stereocenters. The van der Waals surface area contributed by atoms with Crippen molar-refractivity contribution in [3.05, 3.63) is 29.8 Å². The number of morpholine rings is 1. The van der Waals surface area contributed by atoms with Crippen molar-refractivity contribution in [3.63, 3.8) is 0 Å². The van der Waals surface area contributed by atoms with Crippen molar-refractivity contribution >= 4 is 11.7 Å². The first-order valence-electron chi connectivity index (χ1n) is 9.85. The van der Waals surface area contributed by atoms with Gasteiger partial charge in [0, 0.05) is 32.2 Å². The number of ether oxygens (including phenoxy) is 2. The van der Waals surface area contributed by atoms with Gasteiger partial charge in [0.15, 0.2) is 0 Å². The van der Waals surface area contributed by atoms with E-state index in [1.807, 2.05) is 22.6 Å². The van der Waals surface area contributed by atoms with E-state index in [1.165, 1.54) is 6.33 Å². The summed E-state index contributed by atoms with van der Waals surface area (Å²) in [6, 6.07) is 1.81. The van der Waals surface area contributed by atoms with Gasteiger partial charge in [0.2, 0.25) is 5.88 Å². The number of carbonyl (C=O) groups is 1. The number of aromatic nitrogens is 4. The average Bonchev–Trinajstić information content (AvgIpc) is 3.16. The highest BCUT2D eigenvalue weighted by Crippen LogP contribution is 2.25. The van der Waals surface area contributed by atoms with Crippen molar-refractivity contribution in [1.82, 2.24) is 24.6 Å². The number of hydrogen-bond donors (Lipinski definition) is 1. The zero-order chi connectivity index (χ0) is 19.3. The Hall–Kier alpha value is -2.68. The van der Waals surface area contributed by atoms with Gasteiger partial charge in [0.05, 0.1) is 37.3 Å². The highest BCUT2D eigenvalue weighted by atomic mass is 16.5. The summed E-state index contributed by atoms with van der Waals surface area (Å²) in [5, 5.41) is 7.81. The van der Waals surface area contributed by atoms with Gasteiger partial charge >= 0.3 is 0 Å². The number of fused-ring (bicyclic) bond motifs is 1. The second-order valence-corrected chi connectivity index (χ2v) is 7.05. The van der Waals surface area contributed by atoms with Crippen LogP contribution in [0.2, 0.25) is 0 Å². The monoisotopic (exact) mass is 386 g/mol. The normalized spacial score (nSPS) is 19.2. The molecule has 4 heterocycles. The Morgan fingerprint density at radius 1 is 1.32 bits per heavy atom. The lowest BCUT2D eigenvalue weighted by Gasteiger charge is -2.28. The molecule has 0 aliphatic carbocycles. The molecule has 9 nitrogen and oxygen atoms in total. The molecule has 150 valence electrons. The minimum absolute atomic E-state index is 0.0651. The Balaban J connectivity index is 1.39. The summed E-state index contributed by atoms with van der Waals surface area (Å²) in [6.45, 7) is 6.59. The highest BCUT2D eigenvalue weighted by molar-refractivity contribution is 5.95. The van der Waals surface area contributed by atoms with Gasteiger partial charge in [-0.25, -0.2) is 9.97 Å². The molecular formula is C19H26N6O3. The van der Waals surface area contributed by atoms with Crippen LogP contribution in [0.15, 0.2) is 18.6 Å². The topological polar surface area (TPSA) is 94.4 Å². The van der Waals surface area contributed by atoms with Crippen LogP contribution in [0.1, 0.15) is 29.4 Å². The predicted molar refractivity (Wildman–Crippen MR) is 102 cm³/mol. The van der Waals surface area contributed by atoms with Crippen LogP contribution < -0.4 is 10.1 Å². The molecule has 0 spiro atoms. The molecule has 1 atom stereocenters. The van der Waals surface area contributed by atoms with Crippen LogP contribution in [0.3, 0.4) is 0 Å². The molecule has 1 N–H and O–H groups in total. The van der Waals surface area contributed by atoms with E-state index in [2.05, 4.69) is 20.4 Å². The first kappa shape index (κ1) is 18.7. The number of nitrogens with one attached hydrogen (secondary N) is 1. The van der Waals surface area contributed by atoms with Gasteiger partial charge in [-0.1, -0.05) is 0 Å². The zero-order valence-electron chi connectivity index (χ0n) is 16.1. The fourth-order valence-corrected chi connectivity index (χ4v) is 3.70. The summed E-state index contributed by atoms with van der Waals surface area (Å²) in [7, 11) is 0. The lowest BCUT2D eigenvalue weighted by atomic mass is 9.94. The van der Waals surface area contributed by atoms with Crippen molar-refractivity contribution in [1.29, 1.82) is 0 Å². The summed E-state index contributed by atoms with van der Waals surface area (Å²) in [5.74, 6) is 1.79. The lowest BCUT2D eigenvalue weighted by Crippen LogP contribution is -2.41. The molecule has 4 rings (SSSR count). The van der Waals surface area contributed by atoms with Crippen molar-refractivity contribution in [3.8, 4) is 5.88 Å². The third-order valence-electron chi connectivity index (χ3n) is 5.21. The van der Waals surface area contributed by atoms with Gasteiger partial charge in [0.25, 0.3) is 5.91 Å². The van der Waals surface area contributed by atoms with Crippen LogP contribution >= 0.6 is 0 Å². The maximum Gasteiger partial charge on any atom is 0.257 e. The van der Waals surface area contributed by atoms with Crippen molar-refractivity contribution in [2.75, 3.05) is 44.8 Å². The fraction of sp³-hybridized carbons (Fsp3) is 0.579. The fourth-order valence-electron chi connectivity index (χ4n) is 3.70. The smallest absolute Gasteiger partial charge is 0.257 e. The van der Waals surface area contributed by atoms with Crippen LogP contribution in [-0.2, 0) is 17.7 Å². The molecule has 28 heavy (non-hydrogen) atoms. The molecule has 2 aromatic rings. The van der Waals surface area contributed by atoms with Gasteiger partial charge < -0.3 is 19.7 Å². The Bertz CT molecular complexity index is 818. The number of anilines is 1. The molecule has 0 bridgehead atoms. The second-order valence-electron chi connectivity index (χ2n) is 7.05. The second kappa shape index (κ2) is 8.55. The first-order valence-corrected chi connectivity index (χ1v) is 9.85. The van der Waals surface area contributed by atoms with E-state index in [9.17, 15) is 4.79 Å². The third kappa shape index (κ3) is 4.09. The number of nitrogens with zero attached hydrogens (tertiary/aromatic N) is 5. The molecular weight excluding hydrogens is 360 g/mol. The van der Waals surface area contributed by atoms with Crippen molar-refractivity contribution < 1.29 is 14.3 Å². The first-order chi connectivity index (χ1) is 13.7. The Kier molecular flexibility index (Phi) is 5.70. The number of hydrogen-bond acceptors (Lipinski definition) is 7. The van der Waals surface area contributed by atoms with Gasteiger partial charge in [0.1, 0.15) is 12.1 Å². The molecule has 1 fully saturated rings. The van der Waals surface area contributed by atoms with Gasteiger partial charge in [-0.05, 0) is 25.7 Å². The number of rotatable bonds is 6. The third-order valence-corrected chi connectivity index (χ3v) is 5.21. The van der Waals surface area contributed by atoms with E-state index < -0.39 is 0 Å². The number of carbonyl (C=O) groups excluding carboxylic acids is 1. The Morgan fingerprint density at radius 3 is 3.00 bits per heavy atom. The lowest BCUT2D eigenvalue weighted by molar-refractivity contribution is 0.0301. The molecule has 0 aromatic carbocycles. The van der Waals surface area contributed by atoms with E-state index in [0.29, 0.717) is 44.7 Å². The Labute approximate surface area is 164 Å². The molecule has 1 saturated heterocycles. The molecule has 0 radical (unpaired) electrons. The van der Waals surface area contributed by atoms with Crippen LogP contribution in [0.4, 0.5) is 5.82 Å². The minimum Gasteiger partial charge on any atom is -0.478 e. The van der Waals surface area contributed by atoms with Crippen LogP contribution in [0.25, 0.3) is 0 Å². The molecule has 2 aliphatic heterocycles. The average molecular weight is 386 g/mol. The molecule has 2 aromatic heterocycles. The quantitative estimate of drug-likeness (QED) is 0.798. The summed E-state index contributed by atoms with van der Waals surface area (Å²) < 4.78 is 12.7. The predicted octanol–water partition coefficient (Wildman–Crippen LogP) is 1.22. The van der Waals surface area contributed by atoms with Gasteiger partial charge in [-0.2, -0.15) is 5.10 Å². The van der Waals surface area contributed by atoms with E-state index in [0.717, 1.165) is 43.0 Å². The number of amides is 1. The zero-order valence-corrected chi connectivity index (χ0v) is 16.1. The minimum atomic E-state index is 0.0651. The maximum absolute atomic E-state index is 12.9. The molecule has 1 amide bonds. The number of aryl methyl sites for hydroxylation is 1. The summed E-state index contributed by atoms with van der Waals surface area (Å²) in [5.41, 5.74) is 1.76. The summed E-state index contributed by atoms with van der Waals surface area (Å²) >= 11 is 0. The van der Waals surface area contributed by atoms with Crippen molar-refractivity contribution in [2.45, 2.75) is 26.3 Å². The molecule has 2 aliphatic rings. The van der Waals surface area contributed by atoms with Crippen LogP contribution in [-0.4, -0.2) is 70.0 Å².